The van der Waals surface area contributed by atoms with Gasteiger partial charge in [-0.3, -0.25) is 9.58 Å². The first-order valence-electron chi connectivity index (χ1n) is 7.68. The fourth-order valence-corrected chi connectivity index (χ4v) is 2.94. The zero-order valence-corrected chi connectivity index (χ0v) is 12.8. The molecule has 1 unspecified atom stereocenters. The van der Waals surface area contributed by atoms with Crippen molar-refractivity contribution in [3.8, 4) is 0 Å². The second-order valence-electron chi connectivity index (χ2n) is 5.50. The molecule has 0 bridgehead atoms. The molecule has 3 heterocycles. The number of rotatable bonds is 6. The topological polar surface area (TPSA) is 43.4 Å². The third-order valence-electron chi connectivity index (χ3n) is 3.94. The minimum absolute atomic E-state index is 0.344. The monoisotopic (exact) mass is 289 g/mol. The van der Waals surface area contributed by atoms with Gasteiger partial charge in [-0.25, -0.2) is 0 Å². The maximum absolute atomic E-state index is 5.66. The maximum atomic E-state index is 5.66. The first-order valence-corrected chi connectivity index (χ1v) is 7.68. The zero-order valence-electron chi connectivity index (χ0n) is 12.8. The summed E-state index contributed by atoms with van der Waals surface area (Å²) in [6, 6.07) is 3.97. The molecule has 21 heavy (non-hydrogen) atoms. The molecule has 5 nitrogen and oxygen atoms in total. The van der Waals surface area contributed by atoms with Crippen LogP contribution in [0.2, 0.25) is 0 Å². The summed E-state index contributed by atoms with van der Waals surface area (Å²) in [6.07, 6.45) is 3.90. The van der Waals surface area contributed by atoms with Crippen molar-refractivity contribution in [3.63, 3.8) is 0 Å². The van der Waals surface area contributed by atoms with E-state index >= 15 is 0 Å². The second kappa shape index (κ2) is 6.45. The van der Waals surface area contributed by atoms with Crippen LogP contribution < -0.4 is 0 Å². The molecule has 0 fully saturated rings. The Morgan fingerprint density at radius 2 is 2.33 bits per heavy atom. The van der Waals surface area contributed by atoms with Gasteiger partial charge in [0, 0.05) is 43.9 Å². The molecule has 1 aliphatic rings. The van der Waals surface area contributed by atoms with Gasteiger partial charge in [-0.15, -0.1) is 0 Å². The highest BCUT2D eigenvalue weighted by atomic mass is 16.5. The van der Waals surface area contributed by atoms with Gasteiger partial charge in [0.1, 0.15) is 5.76 Å². The average molecular weight is 289 g/mol. The molecule has 0 saturated carbocycles. The Kier molecular flexibility index (Phi) is 4.41. The summed E-state index contributed by atoms with van der Waals surface area (Å²) in [5, 5.41) is 4.72. The van der Waals surface area contributed by atoms with Crippen LogP contribution in [0.1, 0.15) is 36.8 Å². The first kappa shape index (κ1) is 14.4. The van der Waals surface area contributed by atoms with Crippen molar-refractivity contribution in [1.29, 1.82) is 0 Å². The molecule has 2 aromatic heterocycles. The van der Waals surface area contributed by atoms with Gasteiger partial charge in [0.05, 0.1) is 25.1 Å². The predicted molar refractivity (Wildman–Crippen MR) is 80.0 cm³/mol. The van der Waals surface area contributed by atoms with Gasteiger partial charge in [0.15, 0.2) is 0 Å². The molecule has 0 amide bonds. The van der Waals surface area contributed by atoms with E-state index < -0.39 is 0 Å². The van der Waals surface area contributed by atoms with Crippen molar-refractivity contribution < 1.29 is 9.15 Å². The van der Waals surface area contributed by atoms with Gasteiger partial charge in [0.2, 0.25) is 0 Å². The number of furan rings is 1. The van der Waals surface area contributed by atoms with Crippen LogP contribution in [0.25, 0.3) is 0 Å². The van der Waals surface area contributed by atoms with Crippen molar-refractivity contribution >= 4 is 0 Å². The molecular formula is C16H23N3O2. The van der Waals surface area contributed by atoms with E-state index in [4.69, 9.17) is 14.3 Å². The second-order valence-corrected chi connectivity index (χ2v) is 5.50. The van der Waals surface area contributed by atoms with Gasteiger partial charge < -0.3 is 9.15 Å². The van der Waals surface area contributed by atoms with E-state index in [1.165, 1.54) is 11.3 Å². The Hall–Kier alpha value is -1.59. The molecule has 0 aliphatic carbocycles. The molecule has 3 rings (SSSR count). The standard InChI is InChI=1S/C16H23N3O2/c1-3-19-10-13-8-18(11-15-6-5-7-21-15)9-14(12-20-4-2)16(13)17-19/h5-7,10,14H,3-4,8-9,11-12H2,1-2H3. The fourth-order valence-electron chi connectivity index (χ4n) is 2.94. The number of fused-ring (bicyclic) bond motifs is 1. The van der Waals surface area contributed by atoms with Crippen LogP contribution in [0.15, 0.2) is 29.0 Å². The van der Waals surface area contributed by atoms with Gasteiger partial charge in [0.25, 0.3) is 0 Å². The van der Waals surface area contributed by atoms with E-state index in [-0.39, 0.29) is 0 Å². The van der Waals surface area contributed by atoms with Crippen molar-refractivity contribution in [2.24, 2.45) is 0 Å². The average Bonchev–Trinajstić information content (AvgIpc) is 3.13. The van der Waals surface area contributed by atoms with E-state index in [2.05, 4.69) is 18.0 Å². The fraction of sp³-hybridized carbons (Fsp3) is 0.562. The van der Waals surface area contributed by atoms with E-state index in [0.29, 0.717) is 5.92 Å². The smallest absolute Gasteiger partial charge is 0.117 e. The van der Waals surface area contributed by atoms with Crippen LogP contribution in [0.3, 0.4) is 0 Å². The Labute approximate surface area is 125 Å². The van der Waals surface area contributed by atoms with Crippen molar-refractivity contribution in [2.45, 2.75) is 39.4 Å². The van der Waals surface area contributed by atoms with Crippen LogP contribution in [0, 0.1) is 0 Å². The number of hydrogen-bond acceptors (Lipinski definition) is 4. The number of nitrogens with zero attached hydrogens (tertiary/aromatic N) is 3. The summed E-state index contributed by atoms with van der Waals surface area (Å²) in [4.78, 5) is 2.41. The lowest BCUT2D eigenvalue weighted by atomic mass is 9.97. The van der Waals surface area contributed by atoms with E-state index in [1.807, 2.05) is 23.7 Å². The summed E-state index contributed by atoms with van der Waals surface area (Å²) in [7, 11) is 0. The predicted octanol–water partition coefficient (Wildman–Crippen LogP) is 2.63. The van der Waals surface area contributed by atoms with Gasteiger partial charge in [-0.05, 0) is 26.0 Å². The summed E-state index contributed by atoms with van der Waals surface area (Å²) >= 11 is 0. The van der Waals surface area contributed by atoms with Crippen LogP contribution >= 0.6 is 0 Å². The molecule has 0 radical (unpaired) electrons. The SMILES string of the molecule is CCOCC1CN(Cc2ccco2)Cc2cn(CC)nc21. The van der Waals surface area contributed by atoms with Gasteiger partial charge in [-0.2, -0.15) is 5.10 Å². The Bertz CT molecular complexity index is 562. The number of hydrogen-bond donors (Lipinski definition) is 0. The summed E-state index contributed by atoms with van der Waals surface area (Å²) in [5.74, 6) is 1.35. The van der Waals surface area contributed by atoms with Crippen LogP contribution in [-0.2, 0) is 24.4 Å². The lowest BCUT2D eigenvalue weighted by molar-refractivity contribution is 0.101. The van der Waals surface area contributed by atoms with E-state index in [0.717, 1.165) is 45.2 Å². The van der Waals surface area contributed by atoms with Crippen molar-refractivity contribution in [2.75, 3.05) is 19.8 Å². The van der Waals surface area contributed by atoms with Crippen LogP contribution in [0.5, 0.6) is 0 Å². The van der Waals surface area contributed by atoms with Crippen LogP contribution in [0.4, 0.5) is 0 Å². The summed E-state index contributed by atoms with van der Waals surface area (Å²) in [6.45, 7) is 9.29. The molecule has 2 aromatic rings. The Morgan fingerprint density at radius 3 is 3.05 bits per heavy atom. The quantitative estimate of drug-likeness (QED) is 0.820. The summed E-state index contributed by atoms with van der Waals surface area (Å²) < 4.78 is 13.2. The van der Waals surface area contributed by atoms with Crippen LogP contribution in [-0.4, -0.2) is 34.4 Å². The minimum atomic E-state index is 0.344. The Morgan fingerprint density at radius 1 is 1.43 bits per heavy atom. The third-order valence-corrected chi connectivity index (χ3v) is 3.94. The van der Waals surface area contributed by atoms with Crippen molar-refractivity contribution in [3.05, 3.63) is 41.6 Å². The molecular weight excluding hydrogens is 266 g/mol. The van der Waals surface area contributed by atoms with E-state index in [1.54, 1.807) is 6.26 Å². The molecule has 5 heteroatoms. The zero-order chi connectivity index (χ0) is 14.7. The molecule has 1 atom stereocenters. The van der Waals surface area contributed by atoms with Crippen molar-refractivity contribution in [1.82, 2.24) is 14.7 Å². The normalized spacial score (nSPS) is 18.9. The maximum Gasteiger partial charge on any atom is 0.117 e. The lowest BCUT2D eigenvalue weighted by Gasteiger charge is -2.31. The summed E-state index contributed by atoms with van der Waals surface area (Å²) in [5.41, 5.74) is 2.53. The highest BCUT2D eigenvalue weighted by Gasteiger charge is 2.28. The number of aryl methyl sites for hydroxylation is 1. The molecule has 0 saturated heterocycles. The van der Waals surface area contributed by atoms with Gasteiger partial charge >= 0.3 is 0 Å². The molecule has 1 aliphatic heterocycles. The van der Waals surface area contributed by atoms with Gasteiger partial charge in [-0.1, -0.05) is 0 Å². The third kappa shape index (κ3) is 3.19. The largest absolute Gasteiger partial charge is 0.468 e. The minimum Gasteiger partial charge on any atom is -0.468 e. The highest BCUT2D eigenvalue weighted by molar-refractivity contribution is 5.25. The number of aromatic nitrogens is 2. The van der Waals surface area contributed by atoms with E-state index in [9.17, 15) is 0 Å². The molecule has 0 spiro atoms. The molecule has 114 valence electrons. The highest BCUT2D eigenvalue weighted by Crippen LogP contribution is 2.28. The molecule has 0 aromatic carbocycles. The first-order chi connectivity index (χ1) is 10.3. The lowest BCUT2D eigenvalue weighted by Crippen LogP contribution is -2.34. The number of ether oxygens (including phenoxy) is 1. The molecule has 0 N–H and O–H groups in total. The Balaban J connectivity index is 1.77.